The second-order valence-corrected chi connectivity index (χ2v) is 5.33. The van der Waals surface area contributed by atoms with Gasteiger partial charge in [0.05, 0.1) is 6.61 Å². The van der Waals surface area contributed by atoms with Gasteiger partial charge in [-0.25, -0.2) is 4.79 Å². The number of halogens is 1. The smallest absolute Gasteiger partial charge is 0.332 e. The predicted octanol–water partition coefficient (Wildman–Crippen LogP) is 2.78. The summed E-state index contributed by atoms with van der Waals surface area (Å²) in [5.74, 6) is -0.299. The number of nitrogens with zero attached hydrogens (tertiary/aromatic N) is 1. The molecule has 0 saturated heterocycles. The number of hydrogen-bond donors (Lipinski definition) is 0. The number of hydrogen-bond acceptors (Lipinski definition) is 4. The summed E-state index contributed by atoms with van der Waals surface area (Å²) in [6.07, 6.45) is 1.87. The van der Waals surface area contributed by atoms with Gasteiger partial charge in [0, 0.05) is 24.7 Å². The van der Waals surface area contributed by atoms with Crippen LogP contribution in [0.3, 0.4) is 0 Å². The van der Waals surface area contributed by atoms with Gasteiger partial charge in [0.15, 0.2) is 0 Å². The van der Waals surface area contributed by atoms with Crippen LogP contribution in [-0.2, 0) is 20.7 Å². The van der Waals surface area contributed by atoms with Gasteiger partial charge < -0.3 is 14.4 Å². The molecule has 0 bridgehead atoms. The fourth-order valence-corrected chi connectivity index (χ4v) is 2.13. The second-order valence-electron chi connectivity index (χ2n) is 4.89. The molecule has 0 aliphatic carbocycles. The quantitative estimate of drug-likeness (QED) is 0.492. The van der Waals surface area contributed by atoms with Crippen molar-refractivity contribution in [1.82, 2.24) is 4.90 Å². The fourth-order valence-electron chi connectivity index (χ4n) is 1.92. The number of benzene rings is 1. The van der Waals surface area contributed by atoms with E-state index in [1.54, 1.807) is 6.92 Å². The zero-order valence-corrected chi connectivity index (χ0v) is 13.6. The first kappa shape index (κ1) is 18.0. The van der Waals surface area contributed by atoms with Crippen molar-refractivity contribution in [3.63, 3.8) is 0 Å². The molecule has 1 aromatic carbocycles. The SMILES string of the molecule is CCOC(=O)COCCCN(C)CCc1cccc(Cl)c1. The number of likely N-dealkylation sites (N-methyl/N-ethyl adjacent to an activating group) is 1. The molecular weight excluding hydrogens is 290 g/mol. The average molecular weight is 314 g/mol. The Labute approximate surface area is 132 Å². The average Bonchev–Trinajstić information content (AvgIpc) is 2.45. The van der Waals surface area contributed by atoms with E-state index in [9.17, 15) is 4.79 Å². The van der Waals surface area contributed by atoms with Crippen molar-refractivity contribution in [2.45, 2.75) is 19.8 Å². The molecule has 0 amide bonds. The highest BCUT2D eigenvalue weighted by Crippen LogP contribution is 2.11. The second kappa shape index (κ2) is 10.6. The number of esters is 1. The molecule has 0 fully saturated rings. The molecule has 0 unspecified atom stereocenters. The molecule has 0 N–H and O–H groups in total. The summed E-state index contributed by atoms with van der Waals surface area (Å²) in [6.45, 7) is 4.70. The Bertz CT molecular complexity index is 426. The van der Waals surface area contributed by atoms with Gasteiger partial charge in [-0.2, -0.15) is 0 Å². The molecule has 1 aromatic rings. The largest absolute Gasteiger partial charge is 0.464 e. The Morgan fingerprint density at radius 1 is 1.33 bits per heavy atom. The van der Waals surface area contributed by atoms with Crippen molar-refractivity contribution in [1.29, 1.82) is 0 Å². The molecule has 0 spiro atoms. The minimum absolute atomic E-state index is 0.0417. The van der Waals surface area contributed by atoms with Crippen LogP contribution in [-0.4, -0.2) is 50.8 Å². The van der Waals surface area contributed by atoms with Gasteiger partial charge in [-0.3, -0.25) is 0 Å². The molecule has 118 valence electrons. The van der Waals surface area contributed by atoms with Gasteiger partial charge in [0.1, 0.15) is 6.61 Å². The number of carbonyl (C=O) groups excluding carboxylic acids is 1. The lowest BCUT2D eigenvalue weighted by Gasteiger charge is -2.16. The van der Waals surface area contributed by atoms with Crippen LogP contribution in [0, 0.1) is 0 Å². The molecule has 5 heteroatoms. The summed E-state index contributed by atoms with van der Waals surface area (Å²) in [5.41, 5.74) is 1.24. The van der Waals surface area contributed by atoms with Crippen LogP contribution in [0.5, 0.6) is 0 Å². The van der Waals surface area contributed by atoms with E-state index in [4.69, 9.17) is 21.1 Å². The summed E-state index contributed by atoms with van der Waals surface area (Å²) >= 11 is 5.96. The highest BCUT2D eigenvalue weighted by Gasteiger charge is 2.03. The Kier molecular flexibility index (Phi) is 9.06. The Hall–Kier alpha value is -1.10. The van der Waals surface area contributed by atoms with E-state index < -0.39 is 0 Å². The molecule has 1 rings (SSSR count). The van der Waals surface area contributed by atoms with E-state index in [0.29, 0.717) is 13.2 Å². The lowest BCUT2D eigenvalue weighted by molar-refractivity contribution is -0.148. The molecule has 0 aliphatic heterocycles. The standard InChI is InChI=1S/C16H24ClNO3/c1-3-21-16(19)13-20-11-5-9-18(2)10-8-14-6-4-7-15(17)12-14/h4,6-7,12H,3,5,8-11,13H2,1-2H3. The lowest BCUT2D eigenvalue weighted by atomic mass is 10.1. The van der Waals surface area contributed by atoms with Gasteiger partial charge in [-0.1, -0.05) is 23.7 Å². The summed E-state index contributed by atoms with van der Waals surface area (Å²) in [5, 5.41) is 0.780. The van der Waals surface area contributed by atoms with Gasteiger partial charge in [0.25, 0.3) is 0 Å². The molecule has 21 heavy (non-hydrogen) atoms. The minimum Gasteiger partial charge on any atom is -0.464 e. The van der Waals surface area contributed by atoms with Gasteiger partial charge in [-0.05, 0) is 44.5 Å². The third kappa shape index (κ3) is 8.71. The van der Waals surface area contributed by atoms with Crippen LogP contribution in [0.1, 0.15) is 18.9 Å². The van der Waals surface area contributed by atoms with Crippen LogP contribution in [0.2, 0.25) is 5.02 Å². The highest BCUT2D eigenvalue weighted by atomic mass is 35.5. The van der Waals surface area contributed by atoms with Crippen molar-refractivity contribution in [3.05, 3.63) is 34.9 Å². The third-order valence-corrected chi connectivity index (χ3v) is 3.26. The highest BCUT2D eigenvalue weighted by molar-refractivity contribution is 6.30. The maximum absolute atomic E-state index is 11.1. The first-order valence-corrected chi connectivity index (χ1v) is 7.66. The van der Waals surface area contributed by atoms with Crippen LogP contribution >= 0.6 is 11.6 Å². The van der Waals surface area contributed by atoms with Gasteiger partial charge in [0.2, 0.25) is 0 Å². The maximum atomic E-state index is 11.1. The van der Waals surface area contributed by atoms with E-state index in [1.807, 2.05) is 18.2 Å². The maximum Gasteiger partial charge on any atom is 0.332 e. The monoisotopic (exact) mass is 313 g/mol. The van der Waals surface area contributed by atoms with E-state index in [2.05, 4.69) is 18.0 Å². The Morgan fingerprint density at radius 3 is 2.86 bits per heavy atom. The van der Waals surface area contributed by atoms with Crippen molar-refractivity contribution < 1.29 is 14.3 Å². The van der Waals surface area contributed by atoms with Crippen LogP contribution in [0.4, 0.5) is 0 Å². The number of carbonyl (C=O) groups is 1. The van der Waals surface area contributed by atoms with Crippen molar-refractivity contribution in [3.8, 4) is 0 Å². The molecule has 0 aliphatic rings. The molecule has 0 radical (unpaired) electrons. The normalized spacial score (nSPS) is 10.9. The number of rotatable bonds is 10. The van der Waals surface area contributed by atoms with Crippen molar-refractivity contribution in [2.75, 3.05) is 40.0 Å². The van der Waals surface area contributed by atoms with E-state index in [-0.39, 0.29) is 12.6 Å². The predicted molar refractivity (Wildman–Crippen MR) is 84.7 cm³/mol. The molecular formula is C16H24ClNO3. The zero-order valence-electron chi connectivity index (χ0n) is 12.8. The topological polar surface area (TPSA) is 38.8 Å². The molecule has 4 nitrogen and oxygen atoms in total. The van der Waals surface area contributed by atoms with Crippen molar-refractivity contribution in [2.24, 2.45) is 0 Å². The van der Waals surface area contributed by atoms with Crippen LogP contribution < -0.4 is 0 Å². The lowest BCUT2D eigenvalue weighted by Crippen LogP contribution is -2.24. The first-order chi connectivity index (χ1) is 10.1. The van der Waals surface area contributed by atoms with E-state index in [1.165, 1.54) is 5.56 Å². The van der Waals surface area contributed by atoms with Crippen LogP contribution in [0.15, 0.2) is 24.3 Å². The van der Waals surface area contributed by atoms with Gasteiger partial charge >= 0.3 is 5.97 Å². The summed E-state index contributed by atoms with van der Waals surface area (Å²) in [4.78, 5) is 13.3. The molecule has 0 saturated carbocycles. The summed E-state index contributed by atoms with van der Waals surface area (Å²) in [7, 11) is 2.08. The Morgan fingerprint density at radius 2 is 2.14 bits per heavy atom. The molecule has 0 aromatic heterocycles. The minimum atomic E-state index is -0.299. The van der Waals surface area contributed by atoms with Crippen molar-refractivity contribution >= 4 is 17.6 Å². The summed E-state index contributed by atoms with van der Waals surface area (Å²) < 4.78 is 10.0. The third-order valence-electron chi connectivity index (χ3n) is 3.02. The zero-order chi connectivity index (χ0) is 15.5. The molecule has 0 heterocycles. The van der Waals surface area contributed by atoms with Crippen LogP contribution in [0.25, 0.3) is 0 Å². The Balaban J connectivity index is 2.06. The fraction of sp³-hybridized carbons (Fsp3) is 0.562. The first-order valence-electron chi connectivity index (χ1n) is 7.28. The molecule has 0 atom stereocenters. The van der Waals surface area contributed by atoms with E-state index >= 15 is 0 Å². The summed E-state index contributed by atoms with van der Waals surface area (Å²) in [6, 6.07) is 7.94. The number of ether oxygens (including phenoxy) is 2. The van der Waals surface area contributed by atoms with E-state index in [0.717, 1.165) is 31.0 Å². The van der Waals surface area contributed by atoms with Gasteiger partial charge in [-0.15, -0.1) is 0 Å².